The molecule has 0 radical (unpaired) electrons. The highest BCUT2D eigenvalue weighted by atomic mass is 16.4. The molecule has 2 aromatic carbocycles. The number of aryl methyl sites for hydroxylation is 1. The van der Waals surface area contributed by atoms with Crippen molar-refractivity contribution in [3.05, 3.63) is 83.7 Å². The Bertz CT molecular complexity index is 1070. The third-order valence-corrected chi connectivity index (χ3v) is 4.19. The first-order chi connectivity index (χ1) is 12.6. The van der Waals surface area contributed by atoms with Crippen LogP contribution in [0.1, 0.15) is 33.8 Å². The number of oxazole rings is 1. The highest BCUT2D eigenvalue weighted by molar-refractivity contribution is 6.04. The number of aromatic nitrogens is 2. The molecule has 0 aliphatic rings. The summed E-state index contributed by atoms with van der Waals surface area (Å²) in [7, 11) is 0. The van der Waals surface area contributed by atoms with Gasteiger partial charge in [-0.05, 0) is 36.8 Å². The predicted octanol–water partition coefficient (Wildman–Crippen LogP) is 3.80. The maximum absolute atomic E-state index is 12.6. The Kier molecular flexibility index (Phi) is 4.02. The van der Waals surface area contributed by atoms with Gasteiger partial charge in [0.15, 0.2) is 11.8 Å². The molecule has 2 heterocycles. The number of aromatic amines is 1. The van der Waals surface area contributed by atoms with Crippen LogP contribution in [0.5, 0.6) is 0 Å². The number of nitrogens with one attached hydrogen (secondary N) is 2. The number of anilines is 1. The van der Waals surface area contributed by atoms with E-state index in [0.717, 1.165) is 10.9 Å². The van der Waals surface area contributed by atoms with Crippen LogP contribution in [0.4, 0.5) is 5.69 Å². The second-order valence-corrected chi connectivity index (χ2v) is 6.00. The van der Waals surface area contributed by atoms with Crippen LogP contribution in [0.2, 0.25) is 0 Å². The maximum Gasteiger partial charge on any atom is 0.277 e. The summed E-state index contributed by atoms with van der Waals surface area (Å²) in [5, 5.41) is 14.2. The van der Waals surface area contributed by atoms with E-state index in [4.69, 9.17) is 4.42 Å². The number of fused-ring (bicyclic) bond motifs is 1. The molecule has 26 heavy (non-hydrogen) atoms. The van der Waals surface area contributed by atoms with Crippen LogP contribution < -0.4 is 5.32 Å². The molecule has 1 unspecified atom stereocenters. The molecule has 0 aliphatic heterocycles. The highest BCUT2D eigenvalue weighted by Gasteiger charge is 2.22. The lowest BCUT2D eigenvalue weighted by Gasteiger charge is -2.05. The Morgan fingerprint density at radius 2 is 2.00 bits per heavy atom. The smallest absolute Gasteiger partial charge is 0.277 e. The Morgan fingerprint density at radius 1 is 1.19 bits per heavy atom. The number of carbonyl (C=O) groups excluding carboxylic acids is 1. The van der Waals surface area contributed by atoms with E-state index in [1.807, 2.05) is 48.7 Å². The number of nitrogens with zero attached hydrogens (tertiary/aromatic N) is 1. The predicted molar refractivity (Wildman–Crippen MR) is 98.0 cm³/mol. The second kappa shape index (κ2) is 6.50. The first-order valence-corrected chi connectivity index (χ1v) is 8.20. The van der Waals surface area contributed by atoms with Gasteiger partial charge >= 0.3 is 0 Å². The van der Waals surface area contributed by atoms with E-state index in [1.54, 1.807) is 19.1 Å². The van der Waals surface area contributed by atoms with E-state index in [-0.39, 0.29) is 17.5 Å². The van der Waals surface area contributed by atoms with Crippen molar-refractivity contribution < 1.29 is 14.3 Å². The summed E-state index contributed by atoms with van der Waals surface area (Å²) in [6.45, 7) is 1.65. The summed E-state index contributed by atoms with van der Waals surface area (Å²) in [6, 6.07) is 16.6. The molecule has 6 heteroatoms. The molecule has 1 amide bonds. The molecule has 0 bridgehead atoms. The number of benzene rings is 2. The van der Waals surface area contributed by atoms with Crippen LogP contribution >= 0.6 is 0 Å². The number of H-pyrrole nitrogens is 1. The van der Waals surface area contributed by atoms with E-state index in [0.29, 0.717) is 17.0 Å². The van der Waals surface area contributed by atoms with Gasteiger partial charge in [0.05, 0.1) is 0 Å². The number of aliphatic hydroxyl groups is 1. The minimum Gasteiger partial charge on any atom is -0.442 e. The van der Waals surface area contributed by atoms with Crippen LogP contribution in [-0.4, -0.2) is 21.0 Å². The summed E-state index contributed by atoms with van der Waals surface area (Å²) >= 11 is 0. The Balaban J connectivity index is 1.57. The van der Waals surface area contributed by atoms with Crippen molar-refractivity contribution in [2.75, 3.05) is 5.32 Å². The fourth-order valence-corrected chi connectivity index (χ4v) is 2.84. The average Bonchev–Trinajstić information content (AvgIpc) is 3.27. The molecule has 0 saturated carbocycles. The lowest BCUT2D eigenvalue weighted by Crippen LogP contribution is -2.14. The van der Waals surface area contributed by atoms with Gasteiger partial charge in [-0.15, -0.1) is 0 Å². The molecule has 0 fully saturated rings. The number of aliphatic hydroxyl groups excluding tert-OH is 1. The first kappa shape index (κ1) is 16.1. The quantitative estimate of drug-likeness (QED) is 0.524. The van der Waals surface area contributed by atoms with E-state index < -0.39 is 6.10 Å². The molecule has 0 spiro atoms. The summed E-state index contributed by atoms with van der Waals surface area (Å²) in [5.74, 6) is 0.0720. The van der Waals surface area contributed by atoms with E-state index in [2.05, 4.69) is 15.3 Å². The molecule has 3 N–H and O–H groups in total. The van der Waals surface area contributed by atoms with Gasteiger partial charge < -0.3 is 19.8 Å². The molecular weight excluding hydrogens is 330 g/mol. The van der Waals surface area contributed by atoms with Crippen molar-refractivity contribution in [2.24, 2.45) is 0 Å². The van der Waals surface area contributed by atoms with Gasteiger partial charge in [0.2, 0.25) is 5.89 Å². The number of carbonyl (C=O) groups is 1. The third-order valence-electron chi connectivity index (χ3n) is 4.19. The van der Waals surface area contributed by atoms with Gasteiger partial charge in [0.25, 0.3) is 5.91 Å². The van der Waals surface area contributed by atoms with Crippen molar-refractivity contribution in [2.45, 2.75) is 13.0 Å². The van der Waals surface area contributed by atoms with Crippen LogP contribution in [0.3, 0.4) is 0 Å². The van der Waals surface area contributed by atoms with Gasteiger partial charge in [-0.3, -0.25) is 4.79 Å². The van der Waals surface area contributed by atoms with Crippen LogP contribution in [0.15, 0.2) is 65.2 Å². The normalized spacial score (nSPS) is 12.2. The van der Waals surface area contributed by atoms with Crippen molar-refractivity contribution in [1.29, 1.82) is 0 Å². The first-order valence-electron chi connectivity index (χ1n) is 8.20. The molecule has 0 saturated heterocycles. The monoisotopic (exact) mass is 347 g/mol. The Hall–Kier alpha value is -3.38. The van der Waals surface area contributed by atoms with Crippen LogP contribution in [-0.2, 0) is 0 Å². The van der Waals surface area contributed by atoms with E-state index >= 15 is 0 Å². The topological polar surface area (TPSA) is 91.2 Å². The second-order valence-electron chi connectivity index (χ2n) is 6.00. The van der Waals surface area contributed by atoms with Gasteiger partial charge in [-0.25, -0.2) is 4.98 Å². The zero-order valence-corrected chi connectivity index (χ0v) is 14.1. The minimum absolute atomic E-state index is 0.0972. The largest absolute Gasteiger partial charge is 0.442 e. The molecule has 6 nitrogen and oxygen atoms in total. The SMILES string of the molecule is Cc1oc(C(O)c2ccccc2)nc1C(=O)Nc1ccc2[nH]ccc2c1. The summed E-state index contributed by atoms with van der Waals surface area (Å²) in [5.41, 5.74) is 2.46. The fraction of sp³-hybridized carbons (Fsp3) is 0.100. The zero-order valence-electron chi connectivity index (χ0n) is 14.1. The molecule has 1 atom stereocenters. The Morgan fingerprint density at radius 3 is 2.81 bits per heavy atom. The molecule has 4 rings (SSSR count). The van der Waals surface area contributed by atoms with Gasteiger partial charge in [-0.1, -0.05) is 30.3 Å². The molecule has 4 aromatic rings. The standard InChI is InChI=1S/C20H17N3O3/c1-12-17(23-20(26-12)18(24)13-5-3-2-4-6-13)19(25)22-15-7-8-16-14(11-15)9-10-21-16/h2-11,18,21,24H,1H3,(H,22,25). The number of hydrogen-bond acceptors (Lipinski definition) is 4. The van der Waals surface area contributed by atoms with Gasteiger partial charge in [0, 0.05) is 22.8 Å². The van der Waals surface area contributed by atoms with Crippen molar-refractivity contribution in [3.63, 3.8) is 0 Å². The number of hydrogen-bond donors (Lipinski definition) is 3. The summed E-state index contributed by atoms with van der Waals surface area (Å²) in [4.78, 5) is 19.9. The Labute approximate surface area is 149 Å². The van der Waals surface area contributed by atoms with Crippen molar-refractivity contribution in [3.8, 4) is 0 Å². The fourth-order valence-electron chi connectivity index (χ4n) is 2.84. The maximum atomic E-state index is 12.6. The lowest BCUT2D eigenvalue weighted by atomic mass is 10.1. The molecular formula is C20H17N3O3. The van der Waals surface area contributed by atoms with E-state index in [9.17, 15) is 9.90 Å². The van der Waals surface area contributed by atoms with Gasteiger partial charge in [-0.2, -0.15) is 0 Å². The van der Waals surface area contributed by atoms with E-state index in [1.165, 1.54) is 0 Å². The molecule has 2 aromatic heterocycles. The summed E-state index contributed by atoms with van der Waals surface area (Å²) in [6.07, 6.45) is 0.822. The van der Waals surface area contributed by atoms with Crippen molar-refractivity contribution in [1.82, 2.24) is 9.97 Å². The third kappa shape index (κ3) is 2.98. The molecule has 0 aliphatic carbocycles. The zero-order chi connectivity index (χ0) is 18.1. The van der Waals surface area contributed by atoms with Crippen molar-refractivity contribution >= 4 is 22.5 Å². The average molecular weight is 347 g/mol. The number of rotatable bonds is 4. The minimum atomic E-state index is -1.02. The molecule has 130 valence electrons. The number of amides is 1. The summed E-state index contributed by atoms with van der Waals surface area (Å²) < 4.78 is 5.52. The van der Waals surface area contributed by atoms with Crippen LogP contribution in [0, 0.1) is 6.92 Å². The lowest BCUT2D eigenvalue weighted by molar-refractivity contribution is 0.102. The highest BCUT2D eigenvalue weighted by Crippen LogP contribution is 2.24. The van der Waals surface area contributed by atoms with Crippen LogP contribution in [0.25, 0.3) is 10.9 Å². The van der Waals surface area contributed by atoms with Gasteiger partial charge in [0.1, 0.15) is 5.76 Å².